The first kappa shape index (κ1) is 12.9. The summed E-state index contributed by atoms with van der Waals surface area (Å²) in [5.41, 5.74) is 5.79. The van der Waals surface area contributed by atoms with Gasteiger partial charge < -0.3 is 19.9 Å². The average molecular weight is 203 g/mol. The van der Waals surface area contributed by atoms with Gasteiger partial charge in [-0.05, 0) is 13.8 Å². The van der Waals surface area contributed by atoms with Crippen LogP contribution in [0.1, 0.15) is 13.8 Å². The molecular weight excluding hydrogens is 186 g/mol. The monoisotopic (exact) mass is 203 g/mol. The van der Waals surface area contributed by atoms with E-state index in [1.807, 2.05) is 13.8 Å². The predicted molar refractivity (Wildman–Crippen MR) is 51.3 cm³/mol. The molecule has 0 aromatic carbocycles. The van der Waals surface area contributed by atoms with Crippen LogP contribution in [0.5, 0.6) is 0 Å². The molecule has 5 heteroatoms. The summed E-state index contributed by atoms with van der Waals surface area (Å²) in [5.74, 6) is -0.521. The number of carbonyl (C=O) groups excluding carboxylic acids is 1. The molecule has 0 saturated heterocycles. The Labute approximate surface area is 83.8 Å². The van der Waals surface area contributed by atoms with Gasteiger partial charge in [-0.25, -0.2) is 4.79 Å². The van der Waals surface area contributed by atoms with Crippen LogP contribution in [-0.4, -0.2) is 32.6 Å². The second-order valence-electron chi connectivity index (χ2n) is 2.41. The van der Waals surface area contributed by atoms with Crippen molar-refractivity contribution in [3.05, 3.63) is 11.8 Å². The zero-order valence-corrected chi connectivity index (χ0v) is 8.78. The molecule has 0 rings (SSSR count). The van der Waals surface area contributed by atoms with Gasteiger partial charge in [-0.3, -0.25) is 0 Å². The lowest BCUT2D eigenvalue weighted by Crippen LogP contribution is -2.25. The Morgan fingerprint density at radius 1 is 1.36 bits per heavy atom. The average Bonchev–Trinajstić information content (AvgIpc) is 2.17. The summed E-state index contributed by atoms with van der Waals surface area (Å²) in [5, 5.41) is 0. The van der Waals surface area contributed by atoms with Gasteiger partial charge in [-0.2, -0.15) is 0 Å². The maximum atomic E-state index is 10.8. The molecule has 5 nitrogen and oxygen atoms in total. The SMILES string of the molecule is CCOC(OCC)C(N)=CC(=O)OC. The Morgan fingerprint density at radius 3 is 2.21 bits per heavy atom. The molecule has 2 N–H and O–H groups in total. The fourth-order valence-electron chi connectivity index (χ4n) is 0.806. The van der Waals surface area contributed by atoms with E-state index >= 15 is 0 Å². The zero-order valence-electron chi connectivity index (χ0n) is 8.78. The maximum absolute atomic E-state index is 10.8. The molecule has 0 aromatic rings. The van der Waals surface area contributed by atoms with E-state index in [1.54, 1.807) is 0 Å². The Kier molecular flexibility index (Phi) is 6.78. The largest absolute Gasteiger partial charge is 0.466 e. The van der Waals surface area contributed by atoms with E-state index in [9.17, 15) is 4.79 Å². The van der Waals surface area contributed by atoms with E-state index in [-0.39, 0.29) is 5.70 Å². The van der Waals surface area contributed by atoms with Crippen molar-refractivity contribution in [3.63, 3.8) is 0 Å². The highest BCUT2D eigenvalue weighted by molar-refractivity contribution is 5.82. The van der Waals surface area contributed by atoms with Crippen molar-refractivity contribution in [1.29, 1.82) is 0 Å². The summed E-state index contributed by atoms with van der Waals surface area (Å²) >= 11 is 0. The van der Waals surface area contributed by atoms with Gasteiger partial charge >= 0.3 is 5.97 Å². The minimum atomic E-state index is -0.677. The number of nitrogens with two attached hydrogens (primary N) is 1. The van der Waals surface area contributed by atoms with Gasteiger partial charge in [-0.15, -0.1) is 0 Å². The van der Waals surface area contributed by atoms with Crippen LogP contribution < -0.4 is 5.73 Å². The molecule has 0 fully saturated rings. The first-order valence-electron chi connectivity index (χ1n) is 4.43. The molecule has 82 valence electrons. The molecule has 0 atom stereocenters. The van der Waals surface area contributed by atoms with Crippen molar-refractivity contribution in [2.24, 2.45) is 5.73 Å². The van der Waals surface area contributed by atoms with Crippen LogP contribution in [0.4, 0.5) is 0 Å². The van der Waals surface area contributed by atoms with Crippen molar-refractivity contribution in [2.75, 3.05) is 20.3 Å². The summed E-state index contributed by atoms with van der Waals surface area (Å²) in [6.07, 6.45) is 0.472. The molecule has 0 heterocycles. The molecular formula is C9H17NO4. The van der Waals surface area contributed by atoms with Gasteiger partial charge in [0.05, 0.1) is 12.8 Å². The highest BCUT2D eigenvalue weighted by Gasteiger charge is 2.12. The summed E-state index contributed by atoms with van der Waals surface area (Å²) in [6.45, 7) is 4.55. The number of hydrogen-bond acceptors (Lipinski definition) is 5. The zero-order chi connectivity index (χ0) is 11.0. The van der Waals surface area contributed by atoms with Crippen molar-refractivity contribution in [3.8, 4) is 0 Å². The van der Waals surface area contributed by atoms with E-state index in [0.29, 0.717) is 13.2 Å². The molecule has 0 spiro atoms. The molecule has 0 amide bonds. The molecule has 0 unspecified atom stereocenters. The highest BCUT2D eigenvalue weighted by atomic mass is 16.7. The number of rotatable bonds is 6. The highest BCUT2D eigenvalue weighted by Crippen LogP contribution is 2.03. The van der Waals surface area contributed by atoms with Crippen LogP contribution in [0.25, 0.3) is 0 Å². The van der Waals surface area contributed by atoms with Crippen molar-refractivity contribution in [2.45, 2.75) is 20.1 Å². The van der Waals surface area contributed by atoms with Gasteiger partial charge in [0, 0.05) is 19.3 Å². The quantitative estimate of drug-likeness (QED) is 0.384. The molecule has 0 saturated carbocycles. The number of ether oxygens (including phenoxy) is 3. The van der Waals surface area contributed by atoms with Gasteiger partial charge in [0.15, 0.2) is 6.29 Å². The third-order valence-electron chi connectivity index (χ3n) is 1.39. The second kappa shape index (κ2) is 7.34. The Hall–Kier alpha value is -1.07. The third kappa shape index (κ3) is 4.84. The topological polar surface area (TPSA) is 70.8 Å². The molecule has 0 aliphatic rings. The molecule has 0 aliphatic heterocycles. The standard InChI is InChI=1S/C9H17NO4/c1-4-13-9(14-5-2)7(10)6-8(11)12-3/h6,9H,4-5,10H2,1-3H3. The summed E-state index contributed by atoms with van der Waals surface area (Å²) in [7, 11) is 1.28. The summed E-state index contributed by atoms with van der Waals surface area (Å²) < 4.78 is 14.8. The first-order valence-corrected chi connectivity index (χ1v) is 4.43. The molecule has 14 heavy (non-hydrogen) atoms. The third-order valence-corrected chi connectivity index (χ3v) is 1.39. The molecule has 0 radical (unpaired) electrons. The summed E-state index contributed by atoms with van der Waals surface area (Å²) in [4.78, 5) is 10.8. The Bertz CT molecular complexity index is 197. The van der Waals surface area contributed by atoms with Crippen LogP contribution in [-0.2, 0) is 19.0 Å². The predicted octanol–water partition coefficient (Wildman–Crippen LogP) is 0.401. The van der Waals surface area contributed by atoms with Crippen molar-refractivity contribution < 1.29 is 19.0 Å². The van der Waals surface area contributed by atoms with Crippen LogP contribution in [0, 0.1) is 0 Å². The second-order valence-corrected chi connectivity index (χ2v) is 2.41. The van der Waals surface area contributed by atoms with Gasteiger partial charge in [0.2, 0.25) is 0 Å². The van der Waals surface area contributed by atoms with Crippen LogP contribution >= 0.6 is 0 Å². The van der Waals surface area contributed by atoms with Gasteiger partial charge in [0.25, 0.3) is 0 Å². The van der Waals surface area contributed by atoms with Gasteiger partial charge in [0.1, 0.15) is 0 Å². The van der Waals surface area contributed by atoms with E-state index in [1.165, 1.54) is 7.11 Å². The van der Waals surface area contributed by atoms with Gasteiger partial charge in [-0.1, -0.05) is 0 Å². The number of hydrogen-bond donors (Lipinski definition) is 1. The molecule has 0 bridgehead atoms. The Balaban J connectivity index is 4.32. The van der Waals surface area contributed by atoms with E-state index in [0.717, 1.165) is 6.08 Å². The number of carbonyl (C=O) groups is 1. The van der Waals surface area contributed by atoms with Crippen LogP contribution in [0.2, 0.25) is 0 Å². The first-order chi connectivity index (χ1) is 6.65. The lowest BCUT2D eigenvalue weighted by atomic mass is 10.4. The fraction of sp³-hybridized carbons (Fsp3) is 0.667. The van der Waals surface area contributed by atoms with Crippen molar-refractivity contribution in [1.82, 2.24) is 0 Å². The lowest BCUT2D eigenvalue weighted by Gasteiger charge is -2.16. The van der Waals surface area contributed by atoms with E-state index < -0.39 is 12.3 Å². The smallest absolute Gasteiger partial charge is 0.332 e. The minimum Gasteiger partial charge on any atom is -0.466 e. The maximum Gasteiger partial charge on any atom is 0.332 e. The normalized spacial score (nSPS) is 11.9. The summed E-state index contributed by atoms with van der Waals surface area (Å²) in [6, 6.07) is 0. The van der Waals surface area contributed by atoms with Crippen molar-refractivity contribution >= 4 is 5.97 Å². The van der Waals surface area contributed by atoms with E-state index in [2.05, 4.69) is 4.74 Å². The van der Waals surface area contributed by atoms with E-state index in [4.69, 9.17) is 15.2 Å². The number of methoxy groups -OCH3 is 1. The van der Waals surface area contributed by atoms with Crippen LogP contribution in [0.15, 0.2) is 11.8 Å². The minimum absolute atomic E-state index is 0.209. The molecule has 0 aliphatic carbocycles. The lowest BCUT2D eigenvalue weighted by molar-refractivity contribution is -0.136. The number of esters is 1. The Morgan fingerprint density at radius 2 is 1.86 bits per heavy atom. The molecule has 0 aromatic heterocycles. The fourth-order valence-corrected chi connectivity index (χ4v) is 0.806. The van der Waals surface area contributed by atoms with Crippen LogP contribution in [0.3, 0.4) is 0 Å².